The summed E-state index contributed by atoms with van der Waals surface area (Å²) in [5.41, 5.74) is 1.73. The van der Waals surface area contributed by atoms with Crippen LogP contribution in [0.1, 0.15) is 52.5 Å². The third kappa shape index (κ3) is 3.89. The second-order valence-electron chi connectivity index (χ2n) is 5.77. The highest BCUT2D eigenvalue weighted by Gasteiger charge is 2.40. The number of hydrogen-bond donors (Lipinski definition) is 1. The predicted molar refractivity (Wildman–Crippen MR) is 105 cm³/mol. The lowest BCUT2D eigenvalue weighted by Gasteiger charge is -2.39. The summed E-state index contributed by atoms with van der Waals surface area (Å²) in [6, 6.07) is 5.72. The zero-order chi connectivity index (χ0) is 17.0. The SMILES string of the molecule is CCC1=CNC(CC)(c2ccc(Cl)cc2Cl)C(SC(C)CC)=N1. The summed E-state index contributed by atoms with van der Waals surface area (Å²) in [4.78, 5) is 4.94. The Bertz CT molecular complexity index is 627. The van der Waals surface area contributed by atoms with Crippen LogP contribution in [0.15, 0.2) is 35.1 Å². The maximum atomic E-state index is 6.53. The molecule has 23 heavy (non-hydrogen) atoms. The molecular formula is C18H24Cl2N2S. The van der Waals surface area contributed by atoms with E-state index in [1.54, 1.807) is 0 Å². The quantitative estimate of drug-likeness (QED) is 0.649. The molecule has 2 atom stereocenters. The summed E-state index contributed by atoms with van der Waals surface area (Å²) in [7, 11) is 0. The van der Waals surface area contributed by atoms with Crippen LogP contribution in [-0.4, -0.2) is 10.3 Å². The number of nitrogens with one attached hydrogen (secondary N) is 1. The van der Waals surface area contributed by atoms with Crippen LogP contribution in [0.4, 0.5) is 0 Å². The van der Waals surface area contributed by atoms with E-state index >= 15 is 0 Å². The van der Waals surface area contributed by atoms with Crippen LogP contribution in [0.5, 0.6) is 0 Å². The van der Waals surface area contributed by atoms with Crippen LogP contribution in [0.25, 0.3) is 0 Å². The monoisotopic (exact) mass is 370 g/mol. The number of nitrogens with zero attached hydrogens (tertiary/aromatic N) is 1. The van der Waals surface area contributed by atoms with Crippen LogP contribution in [-0.2, 0) is 5.54 Å². The first-order chi connectivity index (χ1) is 11.0. The Balaban J connectivity index is 2.53. The molecule has 1 N–H and O–H groups in total. The molecule has 1 heterocycles. The summed E-state index contributed by atoms with van der Waals surface area (Å²) in [5, 5.41) is 6.53. The van der Waals surface area contributed by atoms with Crippen LogP contribution in [0.3, 0.4) is 0 Å². The first-order valence-electron chi connectivity index (χ1n) is 8.14. The first-order valence-corrected chi connectivity index (χ1v) is 9.78. The lowest BCUT2D eigenvalue weighted by atomic mass is 9.87. The number of benzene rings is 1. The summed E-state index contributed by atoms with van der Waals surface area (Å²) >= 11 is 14.4. The van der Waals surface area contributed by atoms with Gasteiger partial charge in [-0.2, -0.15) is 0 Å². The van der Waals surface area contributed by atoms with Crippen LogP contribution in [0.2, 0.25) is 10.0 Å². The highest BCUT2D eigenvalue weighted by Crippen LogP contribution is 2.41. The second kappa shape index (κ2) is 7.96. The molecule has 1 aliphatic rings. The van der Waals surface area contributed by atoms with Crippen molar-refractivity contribution in [2.75, 3.05) is 0 Å². The molecule has 2 rings (SSSR count). The van der Waals surface area contributed by atoms with Gasteiger partial charge in [0.2, 0.25) is 0 Å². The third-order valence-electron chi connectivity index (χ3n) is 4.27. The van der Waals surface area contributed by atoms with E-state index in [1.807, 2.05) is 36.2 Å². The van der Waals surface area contributed by atoms with Gasteiger partial charge in [-0.3, -0.25) is 0 Å². The lowest BCUT2D eigenvalue weighted by molar-refractivity contribution is 0.492. The van der Waals surface area contributed by atoms with Crippen LogP contribution < -0.4 is 5.32 Å². The van der Waals surface area contributed by atoms with Gasteiger partial charge in [0, 0.05) is 27.1 Å². The first kappa shape index (κ1) is 18.7. The normalized spacial score (nSPS) is 22.2. The molecule has 0 radical (unpaired) electrons. The maximum absolute atomic E-state index is 6.53. The molecular weight excluding hydrogens is 347 g/mol. The van der Waals surface area contributed by atoms with Gasteiger partial charge in [-0.25, -0.2) is 4.99 Å². The number of aliphatic imine (C=N–C) groups is 1. The molecule has 0 fully saturated rings. The molecule has 0 aromatic heterocycles. The zero-order valence-corrected chi connectivity index (χ0v) is 16.4. The molecule has 0 spiro atoms. The van der Waals surface area contributed by atoms with Crippen molar-refractivity contribution >= 4 is 40.0 Å². The minimum atomic E-state index is -0.381. The van der Waals surface area contributed by atoms with Gasteiger partial charge in [0.25, 0.3) is 0 Å². The van der Waals surface area contributed by atoms with Gasteiger partial charge >= 0.3 is 0 Å². The van der Waals surface area contributed by atoms with E-state index in [0.717, 1.165) is 35.6 Å². The van der Waals surface area contributed by atoms with Gasteiger partial charge < -0.3 is 5.32 Å². The second-order valence-corrected chi connectivity index (χ2v) is 8.04. The molecule has 1 aromatic rings. The molecule has 126 valence electrons. The van der Waals surface area contributed by atoms with Crippen molar-refractivity contribution in [2.45, 2.75) is 57.7 Å². The largest absolute Gasteiger partial charge is 0.374 e. The highest BCUT2D eigenvalue weighted by atomic mass is 35.5. The standard InChI is InChI=1S/C18H24Cl2N2S/c1-5-12(4)23-17-18(7-3,21-11-14(6-2)22-17)15-9-8-13(19)10-16(15)20/h8-12,21H,5-7H2,1-4H3. The van der Waals surface area contributed by atoms with Crippen molar-refractivity contribution in [1.82, 2.24) is 5.32 Å². The summed E-state index contributed by atoms with van der Waals surface area (Å²) < 4.78 is 0. The van der Waals surface area contributed by atoms with Gasteiger partial charge in [-0.1, -0.05) is 57.0 Å². The molecule has 5 heteroatoms. The summed E-state index contributed by atoms with van der Waals surface area (Å²) in [6.45, 7) is 8.72. The number of thioether (sulfide) groups is 1. The molecule has 0 aliphatic carbocycles. The Morgan fingerprint density at radius 3 is 2.57 bits per heavy atom. The Labute approximate surface area is 153 Å². The van der Waals surface area contributed by atoms with Crippen LogP contribution >= 0.6 is 35.0 Å². The average Bonchev–Trinajstić information content (AvgIpc) is 2.55. The minimum absolute atomic E-state index is 0.381. The molecule has 1 aromatic carbocycles. The molecule has 2 nitrogen and oxygen atoms in total. The molecule has 0 bridgehead atoms. The van der Waals surface area contributed by atoms with Gasteiger partial charge in [-0.15, -0.1) is 11.8 Å². The predicted octanol–water partition coefficient (Wildman–Crippen LogP) is 6.38. The molecule has 0 amide bonds. The fraction of sp³-hybridized carbons (Fsp3) is 0.500. The zero-order valence-electron chi connectivity index (χ0n) is 14.1. The Kier molecular flexibility index (Phi) is 6.47. The molecule has 2 unspecified atom stereocenters. The average molecular weight is 371 g/mol. The van der Waals surface area contributed by atoms with E-state index in [-0.39, 0.29) is 5.54 Å². The lowest BCUT2D eigenvalue weighted by Crippen LogP contribution is -2.47. The van der Waals surface area contributed by atoms with E-state index < -0.39 is 0 Å². The molecule has 0 saturated carbocycles. The number of hydrogen-bond acceptors (Lipinski definition) is 3. The third-order valence-corrected chi connectivity index (χ3v) is 6.21. The van der Waals surface area contributed by atoms with E-state index in [0.29, 0.717) is 15.3 Å². The van der Waals surface area contributed by atoms with Gasteiger partial charge in [0.05, 0.1) is 5.70 Å². The van der Waals surface area contributed by atoms with Crippen molar-refractivity contribution < 1.29 is 0 Å². The van der Waals surface area contributed by atoms with E-state index in [2.05, 4.69) is 33.0 Å². The summed E-state index contributed by atoms with van der Waals surface area (Å²) in [6.07, 6.45) is 4.90. The summed E-state index contributed by atoms with van der Waals surface area (Å²) in [5.74, 6) is 0. The van der Waals surface area contributed by atoms with Crippen molar-refractivity contribution in [1.29, 1.82) is 0 Å². The maximum Gasteiger partial charge on any atom is 0.112 e. The Morgan fingerprint density at radius 2 is 2.00 bits per heavy atom. The van der Waals surface area contributed by atoms with Crippen molar-refractivity contribution in [3.8, 4) is 0 Å². The fourth-order valence-electron chi connectivity index (χ4n) is 2.58. The highest BCUT2D eigenvalue weighted by molar-refractivity contribution is 8.14. The Hall–Kier alpha value is -0.640. The molecule has 1 aliphatic heterocycles. The van der Waals surface area contributed by atoms with Crippen molar-refractivity contribution in [2.24, 2.45) is 4.99 Å². The molecule has 0 saturated heterocycles. The fourth-order valence-corrected chi connectivity index (χ4v) is 4.38. The number of halogens is 2. The Morgan fingerprint density at radius 1 is 1.26 bits per heavy atom. The van der Waals surface area contributed by atoms with Gasteiger partial charge in [0.15, 0.2) is 0 Å². The van der Waals surface area contributed by atoms with E-state index in [4.69, 9.17) is 28.2 Å². The van der Waals surface area contributed by atoms with Gasteiger partial charge in [0.1, 0.15) is 10.6 Å². The minimum Gasteiger partial charge on any atom is -0.374 e. The van der Waals surface area contributed by atoms with E-state index in [9.17, 15) is 0 Å². The van der Waals surface area contributed by atoms with Crippen molar-refractivity contribution in [3.05, 3.63) is 45.7 Å². The number of allylic oxidation sites excluding steroid dienone is 1. The van der Waals surface area contributed by atoms with Crippen molar-refractivity contribution in [3.63, 3.8) is 0 Å². The van der Waals surface area contributed by atoms with Gasteiger partial charge in [-0.05, 0) is 31.4 Å². The van der Waals surface area contributed by atoms with Crippen LogP contribution in [0, 0.1) is 0 Å². The number of rotatable bonds is 5. The van der Waals surface area contributed by atoms with E-state index in [1.165, 1.54) is 0 Å². The topological polar surface area (TPSA) is 24.4 Å². The smallest absolute Gasteiger partial charge is 0.112 e.